The van der Waals surface area contributed by atoms with E-state index < -0.39 is 0 Å². The Balaban J connectivity index is 1.16. The van der Waals surface area contributed by atoms with Gasteiger partial charge < -0.3 is 0 Å². The van der Waals surface area contributed by atoms with Crippen molar-refractivity contribution in [2.75, 3.05) is 13.1 Å². The highest BCUT2D eigenvalue weighted by Crippen LogP contribution is 2.32. The second-order valence-corrected chi connectivity index (χ2v) is 12.0. The number of thioether (sulfide) groups is 2. The molecular formula is C30H28N2O2S4. The van der Waals surface area contributed by atoms with E-state index in [2.05, 4.69) is 0 Å². The van der Waals surface area contributed by atoms with Gasteiger partial charge in [0.25, 0.3) is 11.8 Å². The minimum atomic E-state index is -0.0246. The number of rotatable bonds is 11. The summed E-state index contributed by atoms with van der Waals surface area (Å²) in [5.41, 5.74) is 2.17. The van der Waals surface area contributed by atoms with E-state index in [-0.39, 0.29) is 11.8 Å². The third kappa shape index (κ3) is 7.86. The van der Waals surface area contributed by atoms with Crippen LogP contribution in [0.4, 0.5) is 0 Å². The number of benzene rings is 2. The van der Waals surface area contributed by atoms with Crippen molar-refractivity contribution in [3.63, 3.8) is 0 Å². The first-order valence-corrected chi connectivity index (χ1v) is 14.9. The average Bonchev–Trinajstić information content (AvgIpc) is 3.35. The predicted molar refractivity (Wildman–Crippen MR) is 169 cm³/mol. The van der Waals surface area contributed by atoms with Crippen LogP contribution >= 0.6 is 48.0 Å². The Morgan fingerprint density at radius 2 is 1.00 bits per heavy atom. The van der Waals surface area contributed by atoms with Gasteiger partial charge >= 0.3 is 0 Å². The average molecular weight is 577 g/mol. The molecule has 2 amide bonds. The van der Waals surface area contributed by atoms with Crippen LogP contribution in [0.25, 0.3) is 12.2 Å². The summed E-state index contributed by atoms with van der Waals surface area (Å²) in [6.07, 6.45) is 15.0. The monoisotopic (exact) mass is 576 g/mol. The zero-order valence-electron chi connectivity index (χ0n) is 20.8. The topological polar surface area (TPSA) is 40.6 Å². The summed E-state index contributed by atoms with van der Waals surface area (Å²) < 4.78 is 1.22. The van der Waals surface area contributed by atoms with Crippen molar-refractivity contribution in [3.8, 4) is 0 Å². The lowest BCUT2D eigenvalue weighted by Gasteiger charge is -2.15. The molecule has 2 aliphatic rings. The Hall–Kier alpha value is -2.78. The van der Waals surface area contributed by atoms with Gasteiger partial charge in [0.2, 0.25) is 0 Å². The molecule has 0 radical (unpaired) electrons. The van der Waals surface area contributed by atoms with E-state index in [1.807, 2.05) is 97.1 Å². The van der Waals surface area contributed by atoms with Crippen molar-refractivity contribution in [1.29, 1.82) is 0 Å². The first-order chi connectivity index (χ1) is 18.5. The van der Waals surface area contributed by atoms with Crippen molar-refractivity contribution in [2.24, 2.45) is 0 Å². The molecule has 2 aliphatic heterocycles. The summed E-state index contributed by atoms with van der Waals surface area (Å²) in [4.78, 5) is 30.2. The van der Waals surface area contributed by atoms with Crippen LogP contribution in [0.15, 0.2) is 94.8 Å². The maximum atomic E-state index is 12.8. The molecule has 4 nitrogen and oxygen atoms in total. The number of carbonyl (C=O) groups is 2. The molecule has 0 N–H and O–H groups in total. The Bertz CT molecular complexity index is 1200. The van der Waals surface area contributed by atoms with Gasteiger partial charge in [0, 0.05) is 13.1 Å². The van der Waals surface area contributed by atoms with E-state index in [4.69, 9.17) is 24.4 Å². The number of nitrogens with zero attached hydrogens (tertiary/aromatic N) is 2. The molecule has 0 spiro atoms. The van der Waals surface area contributed by atoms with Crippen LogP contribution in [0.3, 0.4) is 0 Å². The van der Waals surface area contributed by atoms with Gasteiger partial charge in [0.05, 0.1) is 9.81 Å². The molecule has 0 aliphatic carbocycles. The highest BCUT2D eigenvalue weighted by Gasteiger charge is 2.32. The lowest BCUT2D eigenvalue weighted by molar-refractivity contribution is -0.123. The zero-order chi connectivity index (χ0) is 26.7. The van der Waals surface area contributed by atoms with E-state index in [0.717, 1.165) is 36.8 Å². The maximum Gasteiger partial charge on any atom is 0.266 e. The van der Waals surface area contributed by atoms with Gasteiger partial charge in [-0.05, 0) is 36.1 Å². The van der Waals surface area contributed by atoms with Crippen LogP contribution in [0.5, 0.6) is 0 Å². The molecular weight excluding hydrogens is 549 g/mol. The van der Waals surface area contributed by atoms with Crippen LogP contribution in [0.1, 0.15) is 36.8 Å². The van der Waals surface area contributed by atoms with E-state index in [1.165, 1.54) is 23.5 Å². The molecule has 0 atom stereocenters. The lowest BCUT2D eigenvalue weighted by Crippen LogP contribution is -2.29. The Morgan fingerprint density at radius 1 is 0.605 bits per heavy atom. The molecule has 4 rings (SSSR count). The highest BCUT2D eigenvalue weighted by atomic mass is 32.2. The van der Waals surface area contributed by atoms with Crippen molar-refractivity contribution in [1.82, 2.24) is 9.80 Å². The smallest absolute Gasteiger partial charge is 0.266 e. The number of thiocarbonyl (C=S) groups is 2. The minimum Gasteiger partial charge on any atom is -0.293 e. The van der Waals surface area contributed by atoms with Crippen LogP contribution in [0.2, 0.25) is 0 Å². The zero-order valence-corrected chi connectivity index (χ0v) is 24.1. The lowest BCUT2D eigenvalue weighted by atomic mass is 10.2. The summed E-state index contributed by atoms with van der Waals surface area (Å²) in [6, 6.07) is 19.9. The molecule has 2 aromatic carbocycles. The Labute approximate surface area is 243 Å². The van der Waals surface area contributed by atoms with E-state index in [9.17, 15) is 9.59 Å². The molecule has 38 heavy (non-hydrogen) atoms. The van der Waals surface area contributed by atoms with Gasteiger partial charge in [-0.15, -0.1) is 0 Å². The normalized spacial score (nSPS) is 18.4. The fourth-order valence-electron chi connectivity index (χ4n) is 3.93. The second kappa shape index (κ2) is 14.4. The SMILES string of the molecule is O=C1/C(=C/C=C/c2ccccc2)SC(=S)N1CCCCCCN1C(=O)/C(=C/C=C/c2ccccc2)SC1=S. The number of amides is 2. The Morgan fingerprint density at radius 3 is 1.39 bits per heavy atom. The molecule has 2 saturated heterocycles. The number of carbonyl (C=O) groups excluding carboxylic acids is 2. The summed E-state index contributed by atoms with van der Waals surface area (Å²) in [5.74, 6) is -0.0493. The fourth-order valence-corrected chi connectivity index (χ4v) is 6.45. The summed E-state index contributed by atoms with van der Waals surface area (Å²) in [7, 11) is 0. The molecule has 0 unspecified atom stereocenters. The molecule has 2 aromatic rings. The molecule has 2 heterocycles. The third-order valence-electron chi connectivity index (χ3n) is 5.93. The quantitative estimate of drug-likeness (QED) is 0.157. The number of allylic oxidation sites excluding steroid dienone is 4. The van der Waals surface area contributed by atoms with Gasteiger partial charge in [0.15, 0.2) is 0 Å². The van der Waals surface area contributed by atoms with Gasteiger partial charge in [-0.1, -0.05) is 146 Å². The van der Waals surface area contributed by atoms with Crippen molar-refractivity contribution < 1.29 is 9.59 Å². The van der Waals surface area contributed by atoms with E-state index in [1.54, 1.807) is 9.80 Å². The number of hydrogen-bond acceptors (Lipinski definition) is 6. The number of unbranched alkanes of at least 4 members (excludes halogenated alkanes) is 3. The highest BCUT2D eigenvalue weighted by molar-refractivity contribution is 8.27. The van der Waals surface area contributed by atoms with Crippen molar-refractivity contribution in [3.05, 3.63) is 106 Å². The first-order valence-electron chi connectivity index (χ1n) is 12.5. The van der Waals surface area contributed by atoms with Gasteiger partial charge in [-0.2, -0.15) is 0 Å². The summed E-state index contributed by atoms with van der Waals surface area (Å²) in [5, 5.41) is 0. The van der Waals surface area contributed by atoms with Crippen LogP contribution in [-0.2, 0) is 9.59 Å². The Kier molecular flexibility index (Phi) is 10.7. The van der Waals surface area contributed by atoms with Crippen LogP contribution < -0.4 is 0 Å². The van der Waals surface area contributed by atoms with Crippen molar-refractivity contribution in [2.45, 2.75) is 25.7 Å². The first kappa shape index (κ1) is 28.2. The van der Waals surface area contributed by atoms with Crippen LogP contribution in [-0.4, -0.2) is 43.3 Å². The largest absolute Gasteiger partial charge is 0.293 e. The fraction of sp³-hybridized carbons (Fsp3) is 0.200. The third-order valence-corrected chi connectivity index (χ3v) is 8.72. The maximum absolute atomic E-state index is 12.8. The van der Waals surface area contributed by atoms with E-state index in [0.29, 0.717) is 31.5 Å². The molecule has 0 bridgehead atoms. The molecule has 2 fully saturated rings. The molecule has 194 valence electrons. The van der Waals surface area contributed by atoms with Crippen LogP contribution in [0, 0.1) is 0 Å². The van der Waals surface area contributed by atoms with E-state index >= 15 is 0 Å². The van der Waals surface area contributed by atoms with Gasteiger partial charge in [0.1, 0.15) is 8.64 Å². The minimum absolute atomic E-state index is 0.0246. The van der Waals surface area contributed by atoms with Crippen molar-refractivity contribution >= 4 is 80.6 Å². The predicted octanol–water partition coefficient (Wildman–Crippen LogP) is 7.46. The molecule has 0 saturated carbocycles. The van der Waals surface area contributed by atoms with Gasteiger partial charge in [-0.3, -0.25) is 19.4 Å². The molecule has 8 heteroatoms. The standard InChI is InChI=1S/C30H28N2O2S4/c33-27-25(19-11-17-23-13-5-3-6-14-23)37-29(35)31(27)21-9-1-2-10-22-32-28(34)26(38-30(32)36)20-12-18-24-15-7-4-8-16-24/h3-8,11-20H,1-2,9-10,21-22H2/b17-11+,18-12+,25-19-,26-20-. The summed E-state index contributed by atoms with van der Waals surface area (Å²) in [6.45, 7) is 1.23. The number of hydrogen-bond donors (Lipinski definition) is 0. The molecule has 0 aromatic heterocycles. The summed E-state index contributed by atoms with van der Waals surface area (Å²) >= 11 is 13.6. The van der Waals surface area contributed by atoms with Gasteiger partial charge in [-0.25, -0.2) is 0 Å². The second-order valence-electron chi connectivity index (χ2n) is 8.67.